The molecule has 0 aliphatic rings. The fourth-order valence-electron chi connectivity index (χ4n) is 1.87. The van der Waals surface area contributed by atoms with Gasteiger partial charge in [-0.15, -0.1) is 35.3 Å². The van der Waals surface area contributed by atoms with E-state index in [-0.39, 0.29) is 24.0 Å². The van der Waals surface area contributed by atoms with E-state index in [0.29, 0.717) is 6.54 Å². The van der Waals surface area contributed by atoms with Crippen molar-refractivity contribution in [2.45, 2.75) is 26.9 Å². The van der Waals surface area contributed by atoms with E-state index >= 15 is 0 Å². The lowest BCUT2D eigenvalue weighted by Gasteiger charge is -2.11. The zero-order valence-electron chi connectivity index (χ0n) is 12.5. The summed E-state index contributed by atoms with van der Waals surface area (Å²) < 4.78 is 0. The van der Waals surface area contributed by atoms with Gasteiger partial charge in [0, 0.05) is 24.7 Å². The Labute approximate surface area is 147 Å². The van der Waals surface area contributed by atoms with Crippen molar-refractivity contribution in [1.29, 1.82) is 0 Å². The molecule has 114 valence electrons. The first-order valence-electron chi connectivity index (χ1n) is 6.59. The summed E-state index contributed by atoms with van der Waals surface area (Å²) in [7, 11) is 1.78. The molecule has 2 aromatic rings. The van der Waals surface area contributed by atoms with Gasteiger partial charge in [-0.05, 0) is 19.4 Å². The molecule has 0 spiro atoms. The molecule has 6 heteroatoms. The van der Waals surface area contributed by atoms with Gasteiger partial charge in [0.05, 0.1) is 6.54 Å². The fourth-order valence-corrected chi connectivity index (χ4v) is 2.60. The lowest BCUT2D eigenvalue weighted by molar-refractivity contribution is 0.804. The summed E-state index contributed by atoms with van der Waals surface area (Å²) in [5, 5.41) is 7.65. The van der Waals surface area contributed by atoms with Gasteiger partial charge in [-0.3, -0.25) is 4.99 Å². The van der Waals surface area contributed by atoms with Crippen molar-refractivity contribution in [3.8, 4) is 0 Å². The van der Waals surface area contributed by atoms with Crippen LogP contribution in [0.25, 0.3) is 0 Å². The van der Waals surface area contributed by atoms with Crippen LogP contribution in [0.3, 0.4) is 0 Å². The van der Waals surface area contributed by atoms with E-state index in [9.17, 15) is 0 Å². The molecule has 0 aliphatic carbocycles. The van der Waals surface area contributed by atoms with Gasteiger partial charge in [-0.2, -0.15) is 0 Å². The van der Waals surface area contributed by atoms with Crippen molar-refractivity contribution in [3.05, 3.63) is 51.5 Å². The number of halogens is 1. The van der Waals surface area contributed by atoms with Gasteiger partial charge in [0.25, 0.3) is 0 Å². The molecule has 1 heterocycles. The third-order valence-corrected chi connectivity index (χ3v) is 3.76. The van der Waals surface area contributed by atoms with E-state index in [4.69, 9.17) is 0 Å². The van der Waals surface area contributed by atoms with Crippen LogP contribution >= 0.6 is 35.3 Å². The summed E-state index contributed by atoms with van der Waals surface area (Å²) in [4.78, 5) is 9.77. The second kappa shape index (κ2) is 8.99. The van der Waals surface area contributed by atoms with Crippen LogP contribution in [0, 0.1) is 13.8 Å². The lowest BCUT2D eigenvalue weighted by Crippen LogP contribution is -2.36. The Morgan fingerprint density at radius 1 is 1.24 bits per heavy atom. The molecular weight excluding hydrogens is 395 g/mol. The Balaban J connectivity index is 0.00000220. The predicted molar refractivity (Wildman–Crippen MR) is 100 cm³/mol. The Morgan fingerprint density at radius 3 is 2.62 bits per heavy atom. The monoisotopic (exact) mass is 416 g/mol. The van der Waals surface area contributed by atoms with Gasteiger partial charge >= 0.3 is 0 Å². The minimum absolute atomic E-state index is 0. The molecule has 0 bridgehead atoms. The third kappa shape index (κ3) is 6.01. The van der Waals surface area contributed by atoms with E-state index < -0.39 is 0 Å². The van der Waals surface area contributed by atoms with Crippen LogP contribution in [-0.4, -0.2) is 18.0 Å². The number of aromatic nitrogens is 1. The number of aryl methyl sites for hydroxylation is 2. The Hall–Kier alpha value is -1.15. The largest absolute Gasteiger partial charge is 0.352 e. The molecule has 1 aromatic carbocycles. The van der Waals surface area contributed by atoms with E-state index in [2.05, 4.69) is 58.7 Å². The predicted octanol–water partition coefficient (Wildman–Crippen LogP) is 3.24. The molecule has 0 unspecified atom stereocenters. The number of nitrogens with zero attached hydrogens (tertiary/aromatic N) is 2. The van der Waals surface area contributed by atoms with Crippen LogP contribution in [0.2, 0.25) is 0 Å². The van der Waals surface area contributed by atoms with Crippen LogP contribution in [0.4, 0.5) is 0 Å². The second-order valence-corrected chi connectivity index (χ2v) is 5.95. The minimum atomic E-state index is 0. The maximum atomic E-state index is 4.33. The van der Waals surface area contributed by atoms with Crippen LogP contribution < -0.4 is 10.6 Å². The molecule has 0 aliphatic heterocycles. The number of nitrogens with one attached hydrogen (secondary N) is 2. The average molecular weight is 416 g/mol. The topological polar surface area (TPSA) is 49.3 Å². The lowest BCUT2D eigenvalue weighted by atomic mass is 10.1. The molecule has 4 nitrogen and oxygen atoms in total. The van der Waals surface area contributed by atoms with Crippen molar-refractivity contribution >= 4 is 41.3 Å². The van der Waals surface area contributed by atoms with Gasteiger partial charge in [-0.25, -0.2) is 4.98 Å². The highest BCUT2D eigenvalue weighted by Gasteiger charge is 2.01. The number of hydrogen-bond donors (Lipinski definition) is 2. The van der Waals surface area contributed by atoms with Crippen LogP contribution in [0.1, 0.15) is 21.0 Å². The summed E-state index contributed by atoms with van der Waals surface area (Å²) in [6, 6.07) is 8.45. The number of guanidine groups is 1. The SMILES string of the molecule is CN=C(NCc1cccc(C)c1)NCc1ncc(C)s1.I. The number of benzene rings is 1. The standard InChI is InChI=1S/C15H20N4S.HI/c1-11-5-4-6-13(7-11)9-18-15(16-3)19-10-14-17-8-12(2)20-14;/h4-8H,9-10H2,1-3H3,(H2,16,18,19);1H. The first-order valence-corrected chi connectivity index (χ1v) is 7.40. The molecule has 1 aromatic heterocycles. The maximum absolute atomic E-state index is 4.33. The van der Waals surface area contributed by atoms with E-state index in [1.54, 1.807) is 18.4 Å². The first kappa shape index (κ1) is 17.9. The van der Waals surface area contributed by atoms with Gasteiger partial charge in [-0.1, -0.05) is 29.8 Å². The summed E-state index contributed by atoms with van der Waals surface area (Å²) in [6.45, 7) is 5.62. The highest BCUT2D eigenvalue weighted by molar-refractivity contribution is 14.0. The highest BCUT2D eigenvalue weighted by atomic mass is 127. The van der Waals surface area contributed by atoms with Crippen molar-refractivity contribution < 1.29 is 0 Å². The van der Waals surface area contributed by atoms with Crippen LogP contribution in [0.15, 0.2) is 35.5 Å². The van der Waals surface area contributed by atoms with Crippen LogP contribution in [-0.2, 0) is 13.1 Å². The number of hydrogen-bond acceptors (Lipinski definition) is 3. The van der Waals surface area contributed by atoms with Gasteiger partial charge in [0.15, 0.2) is 5.96 Å². The molecule has 2 N–H and O–H groups in total. The average Bonchev–Trinajstić information content (AvgIpc) is 2.85. The first-order chi connectivity index (χ1) is 9.67. The van der Waals surface area contributed by atoms with E-state index in [1.165, 1.54) is 16.0 Å². The van der Waals surface area contributed by atoms with Crippen molar-refractivity contribution in [1.82, 2.24) is 15.6 Å². The van der Waals surface area contributed by atoms with Crippen LogP contribution in [0.5, 0.6) is 0 Å². The highest BCUT2D eigenvalue weighted by Crippen LogP contribution is 2.10. The zero-order valence-corrected chi connectivity index (χ0v) is 15.7. The Kier molecular flexibility index (Phi) is 7.66. The summed E-state index contributed by atoms with van der Waals surface area (Å²) in [5.41, 5.74) is 2.52. The molecule has 0 saturated heterocycles. The minimum Gasteiger partial charge on any atom is -0.352 e. The fraction of sp³-hybridized carbons (Fsp3) is 0.333. The van der Waals surface area contributed by atoms with E-state index in [0.717, 1.165) is 17.5 Å². The molecule has 21 heavy (non-hydrogen) atoms. The molecule has 0 fully saturated rings. The third-order valence-electron chi connectivity index (χ3n) is 2.84. The number of rotatable bonds is 4. The van der Waals surface area contributed by atoms with Gasteiger partial charge in [0.2, 0.25) is 0 Å². The van der Waals surface area contributed by atoms with Gasteiger partial charge < -0.3 is 10.6 Å². The maximum Gasteiger partial charge on any atom is 0.191 e. The Bertz CT molecular complexity index is 595. The Morgan fingerprint density at radius 2 is 2.00 bits per heavy atom. The smallest absolute Gasteiger partial charge is 0.191 e. The quantitative estimate of drug-likeness (QED) is 0.457. The summed E-state index contributed by atoms with van der Waals surface area (Å²) in [5.74, 6) is 0.791. The number of aliphatic imine (C=N–C) groups is 1. The molecule has 0 radical (unpaired) electrons. The molecule has 0 amide bonds. The number of thiazole rings is 1. The molecule has 0 saturated carbocycles. The molecule has 0 atom stereocenters. The van der Waals surface area contributed by atoms with Crippen molar-refractivity contribution in [3.63, 3.8) is 0 Å². The molecule has 2 rings (SSSR count). The van der Waals surface area contributed by atoms with Gasteiger partial charge in [0.1, 0.15) is 5.01 Å². The zero-order chi connectivity index (χ0) is 14.4. The summed E-state index contributed by atoms with van der Waals surface area (Å²) >= 11 is 1.70. The van der Waals surface area contributed by atoms with Crippen molar-refractivity contribution in [2.24, 2.45) is 4.99 Å². The normalized spacial score (nSPS) is 10.9. The summed E-state index contributed by atoms with van der Waals surface area (Å²) in [6.07, 6.45) is 1.89. The molecular formula is C15H21IN4S. The van der Waals surface area contributed by atoms with E-state index in [1.807, 2.05) is 6.20 Å². The van der Waals surface area contributed by atoms with Crippen molar-refractivity contribution in [2.75, 3.05) is 7.05 Å². The second-order valence-electron chi connectivity index (χ2n) is 4.63.